The molecule has 5 aromatic carbocycles. The zero-order chi connectivity index (χ0) is 72.7. The predicted molar refractivity (Wildman–Crippen MR) is 412 cm³/mol. The number of rotatable bonds is 30. The van der Waals surface area contributed by atoms with Crippen molar-refractivity contribution in [2.75, 3.05) is 108 Å². The number of aliphatic hydroxyl groups excluding tert-OH is 1. The van der Waals surface area contributed by atoms with Crippen molar-refractivity contribution in [3.63, 3.8) is 0 Å². The first-order valence-electron chi connectivity index (χ1n) is 35.7. The number of aliphatic hydroxyl groups is 1. The molecule has 0 radical (unpaired) electrons. The third-order valence-corrected chi connectivity index (χ3v) is 24.3. The van der Waals surface area contributed by atoms with Crippen LogP contribution in [0.15, 0.2) is 147 Å². The van der Waals surface area contributed by atoms with E-state index in [1.807, 2.05) is 137 Å². The Morgan fingerprint density at radius 3 is 2.22 bits per heavy atom. The highest BCUT2D eigenvalue weighted by Crippen LogP contribution is 2.44. The number of hydrogen-bond donors (Lipinski definition) is 5. The second kappa shape index (κ2) is 35.8. The van der Waals surface area contributed by atoms with Gasteiger partial charge >= 0.3 is 0 Å². The van der Waals surface area contributed by atoms with Crippen molar-refractivity contribution in [3.8, 4) is 10.4 Å². The molecule has 1 aromatic heterocycles. The minimum Gasteiger partial charge on any atom is -0.391 e. The number of anilines is 2. The Hall–Kier alpha value is -6.80. The van der Waals surface area contributed by atoms with Crippen LogP contribution in [0.25, 0.3) is 16.0 Å². The van der Waals surface area contributed by atoms with Gasteiger partial charge in [-0.05, 0) is 164 Å². The van der Waals surface area contributed by atoms with Crippen molar-refractivity contribution in [2.24, 2.45) is 10.8 Å². The summed E-state index contributed by atoms with van der Waals surface area (Å²) in [7, 11) is -1.75. The maximum Gasteiger partial charge on any atom is 0.261 e. The number of aryl methyl sites for hydroxylation is 1. The lowest BCUT2D eigenvalue weighted by atomic mass is 9.71. The molecular formula is C78H101ClN10O9S4. The first-order valence-corrected chi connectivity index (χ1v) is 40.6. The van der Waals surface area contributed by atoms with Gasteiger partial charge in [-0.15, -0.1) is 23.1 Å². The van der Waals surface area contributed by atoms with Crippen LogP contribution in [-0.4, -0.2) is 190 Å². The first kappa shape index (κ1) is 77.8. The van der Waals surface area contributed by atoms with Gasteiger partial charge < -0.3 is 40.5 Å². The van der Waals surface area contributed by atoms with Gasteiger partial charge in [-0.2, -0.15) is 0 Å². The first-order chi connectivity index (χ1) is 48.7. The van der Waals surface area contributed by atoms with E-state index in [9.17, 15) is 37.5 Å². The third kappa shape index (κ3) is 21.7. The number of aromatic nitrogens is 1. The van der Waals surface area contributed by atoms with E-state index in [1.165, 1.54) is 27.9 Å². The molecule has 6 aromatic rings. The van der Waals surface area contributed by atoms with Crippen molar-refractivity contribution in [1.29, 1.82) is 0 Å². The molecule has 102 heavy (non-hydrogen) atoms. The van der Waals surface area contributed by atoms with Crippen molar-refractivity contribution in [2.45, 2.75) is 151 Å². The second-order valence-electron chi connectivity index (χ2n) is 29.3. The number of allylic oxidation sites excluding steroid dienone is 1. The summed E-state index contributed by atoms with van der Waals surface area (Å²) in [4.78, 5) is 87.2. The number of nitrogens with one attached hydrogen (secondary N) is 4. The number of hydrogen-bond acceptors (Lipinski definition) is 17. The number of halogens is 1. The molecule has 24 heteroatoms. The highest BCUT2D eigenvalue weighted by molar-refractivity contribution is 7.99. The molecule has 0 spiro atoms. The lowest BCUT2D eigenvalue weighted by Gasteiger charge is -2.42. The molecule has 0 saturated carbocycles. The summed E-state index contributed by atoms with van der Waals surface area (Å²) >= 11 is 10.8. The standard InChI is InChI=1S/C78H101ClN10O9S4/c1-53(55-19-21-57(22-20-55)72-54(2)80-52-100-72)81-75(94)68-45-63(90)49-89(68)76(95)73(77(3,4)5)83-70(91)17-13-10-14-18-71(92)85(7)51-78(6)35-33-66(56-23-27-60(79)28-24-56)59(47-78)48-87-37-39-88(40-38-87)62-29-25-58(26-30-62)74(93)84-101-65-31-32-67(69(46-65)102(8,96)97)82-61(34-36-86-41-43-98-44-42-86)50-99-64-15-11-9-12-16-64/h9,11-12,15-16,19-32,46,52-53,61,63,68,73,82,90H,10,13-14,17-18,33-45,47-51H2,1-8H3,(H,81,94)(H,83,91)(H,84,93)/t53?,61-,63-,68?,73-,78?/m1/s1. The van der Waals surface area contributed by atoms with Crippen LogP contribution in [0, 0.1) is 17.8 Å². The number of ether oxygens (including phenoxy) is 1. The molecule has 5 amide bonds. The van der Waals surface area contributed by atoms with Crippen LogP contribution in [0.2, 0.25) is 5.02 Å². The van der Waals surface area contributed by atoms with Gasteiger partial charge in [-0.25, -0.2) is 13.4 Å². The topological polar surface area (TPSA) is 226 Å². The van der Waals surface area contributed by atoms with E-state index in [-0.39, 0.29) is 65.4 Å². The van der Waals surface area contributed by atoms with Gasteiger partial charge in [-0.3, -0.25) is 38.5 Å². The average molecular weight is 1490 g/mol. The summed E-state index contributed by atoms with van der Waals surface area (Å²) in [5.41, 5.74) is 9.79. The van der Waals surface area contributed by atoms with E-state index in [0.717, 1.165) is 128 Å². The van der Waals surface area contributed by atoms with E-state index in [2.05, 4.69) is 71.5 Å². The largest absolute Gasteiger partial charge is 0.391 e. The van der Waals surface area contributed by atoms with Gasteiger partial charge in [-0.1, -0.05) is 106 Å². The Bertz CT molecular complexity index is 3980. The number of piperazine rings is 1. The number of likely N-dealkylation sites (tertiary alicyclic amines) is 1. The van der Waals surface area contributed by atoms with Crippen LogP contribution in [0.1, 0.15) is 132 Å². The van der Waals surface area contributed by atoms with E-state index < -0.39 is 39.3 Å². The molecule has 10 rings (SSSR count). The van der Waals surface area contributed by atoms with Crippen molar-refractivity contribution in [1.82, 2.24) is 39.9 Å². The molecule has 0 bridgehead atoms. The Morgan fingerprint density at radius 2 is 1.54 bits per heavy atom. The van der Waals surface area contributed by atoms with E-state index in [4.69, 9.17) is 16.3 Å². The molecule has 19 nitrogen and oxygen atoms in total. The number of unbranched alkanes of at least 4 members (excludes halogenated alkanes) is 2. The summed E-state index contributed by atoms with van der Waals surface area (Å²) in [6.07, 6.45) is 6.18. The molecule has 3 saturated heterocycles. The van der Waals surface area contributed by atoms with Gasteiger partial charge in [0.15, 0.2) is 9.84 Å². The van der Waals surface area contributed by atoms with Gasteiger partial charge in [0, 0.05) is 136 Å². The maximum absolute atomic E-state index is 14.4. The molecule has 1 aliphatic carbocycles. The summed E-state index contributed by atoms with van der Waals surface area (Å²) in [5, 5.41) is 21.1. The van der Waals surface area contributed by atoms with Crippen molar-refractivity contribution < 1.29 is 42.2 Å². The van der Waals surface area contributed by atoms with Gasteiger partial charge in [0.1, 0.15) is 12.1 Å². The monoisotopic (exact) mass is 1480 g/mol. The fourth-order valence-electron chi connectivity index (χ4n) is 14.1. The number of β-amino-alcohol motifs (C(OH)–C–C–N with tert-alkyl or cyclic N) is 1. The van der Waals surface area contributed by atoms with E-state index in [1.54, 1.807) is 35.2 Å². The summed E-state index contributed by atoms with van der Waals surface area (Å²) < 4.78 is 35.1. The Kier molecular flexibility index (Phi) is 27.3. The maximum atomic E-state index is 14.4. The number of carbonyl (C=O) groups is 5. The fourth-order valence-corrected chi connectivity index (χ4v) is 17.7. The molecule has 4 heterocycles. The minimum atomic E-state index is -3.64. The number of morpholine rings is 1. The van der Waals surface area contributed by atoms with Gasteiger partial charge in [0.2, 0.25) is 23.6 Å². The minimum absolute atomic E-state index is 0.00873. The molecule has 6 atom stereocenters. The predicted octanol–water partition coefficient (Wildman–Crippen LogP) is 12.5. The van der Waals surface area contributed by atoms with Crippen LogP contribution in [0.4, 0.5) is 11.4 Å². The summed E-state index contributed by atoms with van der Waals surface area (Å²) in [6, 6.07) is 37.0. The van der Waals surface area contributed by atoms with Crippen LogP contribution in [-0.2, 0) is 33.8 Å². The fraction of sp³-hybridized carbons (Fsp3) is 0.487. The van der Waals surface area contributed by atoms with E-state index >= 15 is 0 Å². The van der Waals surface area contributed by atoms with Crippen LogP contribution in [0.5, 0.6) is 0 Å². The van der Waals surface area contributed by atoms with Crippen LogP contribution in [0.3, 0.4) is 0 Å². The number of amides is 5. The quantitative estimate of drug-likeness (QED) is 0.0161. The van der Waals surface area contributed by atoms with Crippen LogP contribution >= 0.6 is 46.6 Å². The highest BCUT2D eigenvalue weighted by Gasteiger charge is 2.45. The Labute approximate surface area is 620 Å². The van der Waals surface area contributed by atoms with Crippen molar-refractivity contribution in [3.05, 3.63) is 160 Å². The molecule has 5 N–H and O–H groups in total. The summed E-state index contributed by atoms with van der Waals surface area (Å²) in [6.45, 7) is 20.5. The Balaban J connectivity index is 0.669. The zero-order valence-electron chi connectivity index (χ0n) is 60.2. The lowest BCUT2D eigenvalue weighted by molar-refractivity contribution is -0.144. The molecule has 3 unspecified atom stereocenters. The molecule has 548 valence electrons. The highest BCUT2D eigenvalue weighted by atomic mass is 35.5. The average Bonchev–Trinajstić information content (AvgIpc) is 0.894. The summed E-state index contributed by atoms with van der Waals surface area (Å²) in [5.74, 6) is -0.536. The zero-order valence-corrected chi connectivity index (χ0v) is 64.2. The second-order valence-corrected chi connectivity index (χ2v) is 34.5. The Morgan fingerprint density at radius 1 is 0.843 bits per heavy atom. The third-order valence-electron chi connectivity index (χ3n) is 20.0. The van der Waals surface area contributed by atoms with Gasteiger partial charge in [0.25, 0.3) is 5.91 Å². The number of thiazole rings is 1. The SMILES string of the molecule is Cc1ncsc1-c1ccc(C(C)NC(=O)C2C[C@@H](O)CN2C(=O)[C@@H](NC(=O)CCCCCC(=O)N(C)CC2(C)CCC(c3ccc(Cl)cc3)=C(CN3CCN(c4ccc(C(=O)NSc5ccc(N[C@H](CCN6CCOCC6)CSc6ccccc6)c(S(C)(=O)=O)c5)cc4)CC3)C2)C(C)(C)C)cc1. The normalized spacial score (nSPS) is 19.4. The molecule has 4 aliphatic rings. The van der Waals surface area contributed by atoms with Crippen molar-refractivity contribution >= 4 is 103 Å². The number of carbonyl (C=O) groups excluding carboxylic acids is 5. The number of sulfone groups is 1. The van der Waals surface area contributed by atoms with Crippen LogP contribution < -0.4 is 25.6 Å². The number of thioether (sulfide) groups is 1. The van der Waals surface area contributed by atoms with E-state index in [0.29, 0.717) is 66.6 Å². The number of nitrogens with zero attached hydrogens (tertiary/aromatic N) is 6. The van der Waals surface area contributed by atoms with Gasteiger partial charge in [0.05, 0.1) is 52.0 Å². The molecular weight excluding hydrogens is 1380 g/mol. The number of benzene rings is 5. The smallest absolute Gasteiger partial charge is 0.261 e. The molecule has 3 aliphatic heterocycles. The lowest BCUT2D eigenvalue weighted by Crippen LogP contribution is -2.57. The molecule has 3 fully saturated rings.